The van der Waals surface area contributed by atoms with Gasteiger partial charge in [0.2, 0.25) is 5.91 Å². The molecule has 0 aromatic carbocycles. The monoisotopic (exact) mass is 430 g/mol. The van der Waals surface area contributed by atoms with Gasteiger partial charge < -0.3 is 19.5 Å². The number of furan rings is 1. The Balaban J connectivity index is 1.88. The van der Waals surface area contributed by atoms with Gasteiger partial charge >= 0.3 is 0 Å². The molecular formula is C23H36N5O3+. The summed E-state index contributed by atoms with van der Waals surface area (Å²) in [5.41, 5.74) is 0.995. The Hall–Kier alpha value is -2.74. The van der Waals surface area contributed by atoms with Crippen LogP contribution in [0.4, 0.5) is 0 Å². The first-order valence-electron chi connectivity index (χ1n) is 11.2. The van der Waals surface area contributed by atoms with Crippen LogP contribution < -0.4 is 10.2 Å². The Morgan fingerprint density at radius 1 is 1.23 bits per heavy atom. The second kappa shape index (κ2) is 12.8. The lowest BCUT2D eigenvalue weighted by Gasteiger charge is -2.22. The molecule has 0 bridgehead atoms. The number of aryl methyl sites for hydroxylation is 1. The molecule has 8 nitrogen and oxygen atoms in total. The van der Waals surface area contributed by atoms with Gasteiger partial charge in [0.1, 0.15) is 11.5 Å². The van der Waals surface area contributed by atoms with Crippen molar-refractivity contribution in [1.29, 1.82) is 0 Å². The summed E-state index contributed by atoms with van der Waals surface area (Å²) in [4.78, 5) is 36.9. The minimum Gasteiger partial charge on any atom is -0.467 e. The van der Waals surface area contributed by atoms with Crippen LogP contribution in [0, 0.1) is 6.92 Å². The SMILES string of the molecule is CC[NH+](CC)CCC[C@H](C)NC(=O)CCN(Cc1ccco1)C(=O)c1cnc(C)cn1. The van der Waals surface area contributed by atoms with Crippen molar-refractivity contribution >= 4 is 11.8 Å². The predicted molar refractivity (Wildman–Crippen MR) is 119 cm³/mol. The van der Waals surface area contributed by atoms with Crippen LogP contribution in [-0.2, 0) is 11.3 Å². The van der Waals surface area contributed by atoms with Crippen molar-refractivity contribution in [2.45, 2.75) is 59.5 Å². The van der Waals surface area contributed by atoms with Crippen LogP contribution >= 0.6 is 0 Å². The van der Waals surface area contributed by atoms with Gasteiger partial charge in [0.25, 0.3) is 5.91 Å². The lowest BCUT2D eigenvalue weighted by molar-refractivity contribution is -0.896. The zero-order chi connectivity index (χ0) is 22.6. The molecule has 0 aliphatic rings. The molecule has 0 radical (unpaired) electrons. The quantitative estimate of drug-likeness (QED) is 0.504. The topological polar surface area (TPSA) is 92.8 Å². The van der Waals surface area contributed by atoms with E-state index in [1.54, 1.807) is 34.4 Å². The highest BCUT2D eigenvalue weighted by Crippen LogP contribution is 2.10. The van der Waals surface area contributed by atoms with Crippen LogP contribution in [0.2, 0.25) is 0 Å². The Kier molecular flexibility index (Phi) is 10.2. The van der Waals surface area contributed by atoms with Gasteiger partial charge in [0, 0.05) is 25.2 Å². The Labute approximate surface area is 185 Å². The number of hydrogen-bond acceptors (Lipinski definition) is 5. The van der Waals surface area contributed by atoms with E-state index in [4.69, 9.17) is 4.42 Å². The summed E-state index contributed by atoms with van der Waals surface area (Å²) in [5.74, 6) is 0.322. The van der Waals surface area contributed by atoms with E-state index in [-0.39, 0.29) is 43.1 Å². The van der Waals surface area contributed by atoms with E-state index in [1.807, 2.05) is 13.8 Å². The molecular weight excluding hydrogens is 394 g/mol. The molecule has 170 valence electrons. The molecule has 31 heavy (non-hydrogen) atoms. The Morgan fingerprint density at radius 3 is 2.61 bits per heavy atom. The largest absolute Gasteiger partial charge is 0.467 e. The first kappa shape index (κ1) is 24.5. The van der Waals surface area contributed by atoms with Gasteiger partial charge in [-0.05, 0) is 52.7 Å². The summed E-state index contributed by atoms with van der Waals surface area (Å²) in [7, 11) is 0. The number of carbonyl (C=O) groups excluding carboxylic acids is 2. The minimum atomic E-state index is -0.271. The number of quaternary nitrogens is 1. The van der Waals surface area contributed by atoms with Crippen molar-refractivity contribution in [3.05, 3.63) is 47.9 Å². The highest BCUT2D eigenvalue weighted by molar-refractivity contribution is 5.92. The van der Waals surface area contributed by atoms with E-state index < -0.39 is 0 Å². The van der Waals surface area contributed by atoms with Crippen LogP contribution in [0.15, 0.2) is 35.2 Å². The van der Waals surface area contributed by atoms with Crippen molar-refractivity contribution < 1.29 is 18.9 Å². The molecule has 2 rings (SSSR count). The van der Waals surface area contributed by atoms with Gasteiger partial charge in [0.05, 0.1) is 44.3 Å². The number of nitrogens with one attached hydrogen (secondary N) is 2. The average molecular weight is 431 g/mol. The molecule has 0 aliphatic heterocycles. The molecule has 0 fully saturated rings. The number of amides is 2. The van der Waals surface area contributed by atoms with E-state index >= 15 is 0 Å². The van der Waals surface area contributed by atoms with Crippen molar-refractivity contribution in [3.8, 4) is 0 Å². The van der Waals surface area contributed by atoms with Crippen molar-refractivity contribution in [1.82, 2.24) is 20.2 Å². The third-order valence-electron chi connectivity index (χ3n) is 5.40. The molecule has 2 aromatic rings. The lowest BCUT2D eigenvalue weighted by Crippen LogP contribution is -3.11. The van der Waals surface area contributed by atoms with Gasteiger partial charge in [0.15, 0.2) is 0 Å². The predicted octanol–water partition coefficient (Wildman–Crippen LogP) is 1.62. The summed E-state index contributed by atoms with van der Waals surface area (Å²) in [5, 5.41) is 3.05. The fourth-order valence-corrected chi connectivity index (χ4v) is 3.43. The first-order valence-corrected chi connectivity index (χ1v) is 11.2. The summed E-state index contributed by atoms with van der Waals surface area (Å²) >= 11 is 0. The second-order valence-electron chi connectivity index (χ2n) is 7.92. The molecule has 0 saturated carbocycles. The normalized spacial score (nSPS) is 12.0. The van der Waals surface area contributed by atoms with Crippen LogP contribution in [0.1, 0.15) is 62.0 Å². The fourth-order valence-electron chi connectivity index (χ4n) is 3.43. The molecule has 2 N–H and O–H groups in total. The summed E-state index contributed by atoms with van der Waals surface area (Å²) in [6.45, 7) is 12.2. The molecule has 1 atom stereocenters. The maximum Gasteiger partial charge on any atom is 0.274 e. The van der Waals surface area contributed by atoms with Gasteiger partial charge in [-0.1, -0.05) is 0 Å². The summed E-state index contributed by atoms with van der Waals surface area (Å²) in [6.07, 6.45) is 6.84. The number of rotatable bonds is 13. The molecule has 8 heteroatoms. The minimum absolute atomic E-state index is 0.0603. The van der Waals surface area contributed by atoms with E-state index in [1.165, 1.54) is 6.20 Å². The van der Waals surface area contributed by atoms with Gasteiger partial charge in [-0.15, -0.1) is 0 Å². The zero-order valence-electron chi connectivity index (χ0n) is 19.2. The first-order chi connectivity index (χ1) is 14.9. The van der Waals surface area contributed by atoms with Crippen molar-refractivity contribution in [2.75, 3.05) is 26.2 Å². The van der Waals surface area contributed by atoms with Gasteiger partial charge in [-0.2, -0.15) is 0 Å². The smallest absolute Gasteiger partial charge is 0.274 e. The molecule has 0 saturated heterocycles. The lowest BCUT2D eigenvalue weighted by atomic mass is 10.1. The van der Waals surface area contributed by atoms with Crippen LogP contribution in [0.3, 0.4) is 0 Å². The summed E-state index contributed by atoms with van der Waals surface area (Å²) in [6, 6.07) is 3.69. The number of aromatic nitrogens is 2. The number of hydrogen-bond donors (Lipinski definition) is 2. The molecule has 0 unspecified atom stereocenters. The van der Waals surface area contributed by atoms with Crippen LogP contribution in [-0.4, -0.2) is 58.9 Å². The van der Waals surface area contributed by atoms with Crippen LogP contribution in [0.5, 0.6) is 0 Å². The fraction of sp³-hybridized carbons (Fsp3) is 0.565. The average Bonchev–Trinajstić information content (AvgIpc) is 3.27. The third kappa shape index (κ3) is 8.49. The highest BCUT2D eigenvalue weighted by Gasteiger charge is 2.20. The van der Waals surface area contributed by atoms with Crippen LogP contribution in [0.25, 0.3) is 0 Å². The third-order valence-corrected chi connectivity index (χ3v) is 5.40. The van der Waals surface area contributed by atoms with E-state index in [0.29, 0.717) is 5.76 Å². The van der Waals surface area contributed by atoms with Crippen molar-refractivity contribution in [2.24, 2.45) is 0 Å². The second-order valence-corrected chi connectivity index (χ2v) is 7.92. The number of nitrogens with zero attached hydrogens (tertiary/aromatic N) is 3. The number of carbonyl (C=O) groups is 2. The summed E-state index contributed by atoms with van der Waals surface area (Å²) < 4.78 is 5.39. The zero-order valence-corrected chi connectivity index (χ0v) is 19.2. The van der Waals surface area contributed by atoms with E-state index in [0.717, 1.165) is 38.2 Å². The van der Waals surface area contributed by atoms with Gasteiger partial charge in [-0.3, -0.25) is 14.6 Å². The molecule has 2 heterocycles. The van der Waals surface area contributed by atoms with Crippen molar-refractivity contribution in [3.63, 3.8) is 0 Å². The highest BCUT2D eigenvalue weighted by atomic mass is 16.3. The molecule has 0 spiro atoms. The Morgan fingerprint density at radius 2 is 2.00 bits per heavy atom. The molecule has 2 amide bonds. The maximum absolute atomic E-state index is 12.9. The van der Waals surface area contributed by atoms with E-state index in [9.17, 15) is 9.59 Å². The Bertz CT molecular complexity index is 788. The van der Waals surface area contributed by atoms with Gasteiger partial charge in [-0.25, -0.2) is 4.98 Å². The van der Waals surface area contributed by atoms with E-state index in [2.05, 4.69) is 29.1 Å². The standard InChI is InChI=1S/C23H35N5O3/c1-5-27(6-2)12-7-9-18(3)26-22(29)11-13-28(17-20-10-8-14-31-20)23(30)21-16-24-19(4)15-25-21/h8,10,14-16,18H,5-7,9,11-13,17H2,1-4H3,(H,26,29)/p+1/t18-/m0/s1. The molecule has 2 aromatic heterocycles. The molecule has 0 aliphatic carbocycles. The maximum atomic E-state index is 12.9.